The standard InChI is InChI=1S/C32H32N6O/c1-21-16-22(2)27(32(39)38-14-10-25(11-15-38)24-7-5-6-23(19-33)8-9-24)17-26(21)31-35-28-18-30(34-20-29(28)36-31)37-12-3-4-13-37/h7-9,16-18,20,23,25H,3-4,10-15H2,1-2H3,(H,35,36). The summed E-state index contributed by atoms with van der Waals surface area (Å²) in [6.07, 6.45) is 11.9. The van der Waals surface area contributed by atoms with E-state index in [-0.39, 0.29) is 11.8 Å². The van der Waals surface area contributed by atoms with Crippen molar-refractivity contribution in [3.8, 4) is 29.3 Å². The topological polar surface area (TPSA) is 88.9 Å². The summed E-state index contributed by atoms with van der Waals surface area (Å²) in [7, 11) is 0. The summed E-state index contributed by atoms with van der Waals surface area (Å²) in [5.41, 5.74) is 6.68. The van der Waals surface area contributed by atoms with Gasteiger partial charge in [-0.3, -0.25) is 4.79 Å². The molecular weight excluding hydrogens is 484 g/mol. The summed E-state index contributed by atoms with van der Waals surface area (Å²) >= 11 is 0. The number of hydrogen-bond acceptors (Lipinski definition) is 5. The highest BCUT2D eigenvalue weighted by Crippen LogP contribution is 2.31. The Morgan fingerprint density at radius 3 is 2.67 bits per heavy atom. The number of nitrogens with zero attached hydrogens (tertiary/aromatic N) is 5. The van der Waals surface area contributed by atoms with Crippen molar-refractivity contribution in [3.05, 3.63) is 64.9 Å². The molecule has 1 unspecified atom stereocenters. The number of aryl methyl sites for hydroxylation is 2. The van der Waals surface area contributed by atoms with E-state index in [1.807, 2.05) is 42.3 Å². The summed E-state index contributed by atoms with van der Waals surface area (Å²) in [6.45, 7) is 7.55. The minimum absolute atomic E-state index is 0.0658. The first-order valence-corrected chi connectivity index (χ1v) is 13.8. The number of imidazole rings is 1. The molecule has 3 aliphatic rings. The van der Waals surface area contributed by atoms with Gasteiger partial charge in [0.15, 0.2) is 0 Å². The number of fused-ring (bicyclic) bond motifs is 1. The lowest BCUT2D eigenvalue weighted by atomic mass is 9.88. The molecule has 39 heavy (non-hydrogen) atoms. The molecule has 7 nitrogen and oxygen atoms in total. The molecule has 7 heteroatoms. The maximum Gasteiger partial charge on any atom is 0.254 e. The quantitative estimate of drug-likeness (QED) is 0.473. The number of allylic oxidation sites excluding steroid dienone is 4. The largest absolute Gasteiger partial charge is 0.357 e. The molecule has 2 saturated heterocycles. The van der Waals surface area contributed by atoms with Crippen LogP contribution in [0.25, 0.3) is 22.4 Å². The molecular formula is C32H32N6O. The Balaban J connectivity index is 1.21. The van der Waals surface area contributed by atoms with Gasteiger partial charge in [0.05, 0.1) is 23.3 Å². The molecule has 0 saturated carbocycles. The second kappa shape index (κ2) is 10.4. The number of piperidine rings is 1. The maximum absolute atomic E-state index is 13.7. The third kappa shape index (κ3) is 4.93. The van der Waals surface area contributed by atoms with Crippen LogP contribution in [0.1, 0.15) is 47.2 Å². The van der Waals surface area contributed by atoms with Crippen LogP contribution in [0.3, 0.4) is 0 Å². The second-order valence-corrected chi connectivity index (χ2v) is 10.8. The molecule has 3 aromatic rings. The molecule has 0 spiro atoms. The zero-order valence-corrected chi connectivity index (χ0v) is 22.5. The Morgan fingerprint density at radius 1 is 1.10 bits per heavy atom. The molecule has 1 N–H and O–H groups in total. The van der Waals surface area contributed by atoms with Crippen LogP contribution in [0.5, 0.6) is 0 Å². The molecule has 4 heterocycles. The van der Waals surface area contributed by atoms with E-state index in [2.05, 4.69) is 51.8 Å². The molecule has 1 amide bonds. The number of carbonyl (C=O) groups is 1. The van der Waals surface area contributed by atoms with Gasteiger partial charge in [0.25, 0.3) is 5.91 Å². The fourth-order valence-corrected chi connectivity index (χ4v) is 5.92. The Kier molecular flexibility index (Phi) is 6.67. The number of H-pyrrole nitrogens is 1. The van der Waals surface area contributed by atoms with Gasteiger partial charge in [0, 0.05) is 43.4 Å². The van der Waals surface area contributed by atoms with Gasteiger partial charge in [-0.05, 0) is 74.3 Å². The van der Waals surface area contributed by atoms with E-state index < -0.39 is 0 Å². The number of nitrogens with one attached hydrogen (secondary N) is 1. The number of carbonyl (C=O) groups excluding carboxylic acids is 1. The number of amides is 1. The number of pyridine rings is 1. The zero-order chi connectivity index (χ0) is 26.9. The van der Waals surface area contributed by atoms with Crippen molar-refractivity contribution in [1.29, 1.82) is 5.26 Å². The number of rotatable bonds is 4. The van der Waals surface area contributed by atoms with Crippen LogP contribution in [0.4, 0.5) is 5.82 Å². The highest BCUT2D eigenvalue weighted by atomic mass is 16.2. The van der Waals surface area contributed by atoms with Gasteiger partial charge < -0.3 is 14.8 Å². The lowest BCUT2D eigenvalue weighted by Crippen LogP contribution is -2.39. The van der Waals surface area contributed by atoms with Crippen LogP contribution in [-0.4, -0.2) is 51.9 Å². The summed E-state index contributed by atoms with van der Waals surface area (Å²) < 4.78 is 0. The predicted octanol–water partition coefficient (Wildman–Crippen LogP) is 5.33. The Morgan fingerprint density at radius 2 is 1.90 bits per heavy atom. The van der Waals surface area contributed by atoms with Crippen molar-refractivity contribution in [2.45, 2.75) is 39.5 Å². The van der Waals surface area contributed by atoms with Crippen molar-refractivity contribution in [1.82, 2.24) is 19.9 Å². The molecule has 1 atom stereocenters. The van der Waals surface area contributed by atoms with E-state index in [1.165, 1.54) is 12.8 Å². The van der Waals surface area contributed by atoms with Gasteiger partial charge in [0.2, 0.25) is 0 Å². The number of aromatic nitrogens is 3. The molecule has 2 aliphatic heterocycles. The molecule has 1 aliphatic carbocycles. The Hall–Kier alpha value is -4.36. The summed E-state index contributed by atoms with van der Waals surface area (Å²) in [4.78, 5) is 31.0. The number of hydrogen-bond donors (Lipinski definition) is 1. The first-order valence-electron chi connectivity index (χ1n) is 13.8. The smallest absolute Gasteiger partial charge is 0.254 e. The third-order valence-electron chi connectivity index (χ3n) is 8.19. The van der Waals surface area contributed by atoms with Crippen LogP contribution in [-0.2, 0) is 0 Å². The van der Waals surface area contributed by atoms with E-state index in [1.54, 1.807) is 0 Å². The SMILES string of the molecule is Cc1cc(C)c(-c2nc3cc(N4CCCC4)ncc3[nH]2)cc1C(=O)N1CCC(C2=CC#CC(C#N)C=C2)CC1. The van der Waals surface area contributed by atoms with Crippen LogP contribution >= 0.6 is 0 Å². The summed E-state index contributed by atoms with van der Waals surface area (Å²) in [6, 6.07) is 8.34. The Labute approximate surface area is 229 Å². The number of anilines is 1. The average molecular weight is 517 g/mol. The minimum Gasteiger partial charge on any atom is -0.357 e. The highest BCUT2D eigenvalue weighted by molar-refractivity contribution is 5.97. The van der Waals surface area contributed by atoms with Crippen molar-refractivity contribution in [2.24, 2.45) is 11.8 Å². The first kappa shape index (κ1) is 24.9. The number of aromatic amines is 1. The van der Waals surface area contributed by atoms with Gasteiger partial charge in [-0.1, -0.05) is 30.1 Å². The van der Waals surface area contributed by atoms with E-state index in [9.17, 15) is 4.79 Å². The fourth-order valence-electron chi connectivity index (χ4n) is 5.92. The number of benzene rings is 1. The fraction of sp³-hybridized carbons (Fsp3) is 0.375. The van der Waals surface area contributed by atoms with Crippen molar-refractivity contribution in [2.75, 3.05) is 31.1 Å². The van der Waals surface area contributed by atoms with Gasteiger partial charge >= 0.3 is 0 Å². The molecule has 1 aromatic carbocycles. The average Bonchev–Trinajstić information content (AvgIpc) is 3.57. The second-order valence-electron chi connectivity index (χ2n) is 10.8. The van der Waals surface area contributed by atoms with Crippen LogP contribution in [0.15, 0.2) is 48.2 Å². The normalized spacial score (nSPS) is 19.4. The molecule has 2 fully saturated rings. The van der Waals surface area contributed by atoms with Crippen molar-refractivity contribution in [3.63, 3.8) is 0 Å². The third-order valence-corrected chi connectivity index (χ3v) is 8.19. The number of nitriles is 1. The first-order chi connectivity index (χ1) is 19.0. The van der Waals surface area contributed by atoms with Crippen LogP contribution < -0.4 is 4.90 Å². The lowest BCUT2D eigenvalue weighted by molar-refractivity contribution is 0.0702. The van der Waals surface area contributed by atoms with Gasteiger partial charge in [-0.15, -0.1) is 0 Å². The maximum atomic E-state index is 13.7. The molecule has 0 bridgehead atoms. The molecule has 0 radical (unpaired) electrons. The van der Waals surface area contributed by atoms with Gasteiger partial charge in [-0.2, -0.15) is 5.26 Å². The van der Waals surface area contributed by atoms with Gasteiger partial charge in [0.1, 0.15) is 17.6 Å². The monoisotopic (exact) mass is 516 g/mol. The van der Waals surface area contributed by atoms with Crippen molar-refractivity contribution < 1.29 is 4.79 Å². The molecule has 196 valence electrons. The van der Waals surface area contributed by atoms with E-state index in [0.717, 1.165) is 76.4 Å². The zero-order valence-electron chi connectivity index (χ0n) is 22.5. The van der Waals surface area contributed by atoms with Crippen molar-refractivity contribution >= 4 is 22.8 Å². The highest BCUT2D eigenvalue weighted by Gasteiger charge is 2.27. The van der Waals surface area contributed by atoms with E-state index >= 15 is 0 Å². The van der Waals surface area contributed by atoms with Crippen LogP contribution in [0.2, 0.25) is 0 Å². The summed E-state index contributed by atoms with van der Waals surface area (Å²) in [5.74, 6) is 7.78. The lowest BCUT2D eigenvalue weighted by Gasteiger charge is -2.33. The predicted molar refractivity (Wildman–Crippen MR) is 153 cm³/mol. The van der Waals surface area contributed by atoms with Crippen LogP contribution in [0, 0.1) is 48.9 Å². The molecule has 2 aromatic heterocycles. The van der Waals surface area contributed by atoms with E-state index in [4.69, 9.17) is 10.2 Å². The summed E-state index contributed by atoms with van der Waals surface area (Å²) in [5, 5.41) is 9.16. The van der Waals surface area contributed by atoms with Gasteiger partial charge in [-0.25, -0.2) is 9.97 Å². The molecule has 6 rings (SSSR count). The minimum atomic E-state index is -0.353. The Bertz CT molecular complexity index is 1600. The number of likely N-dealkylation sites (tertiary alicyclic amines) is 1. The van der Waals surface area contributed by atoms with E-state index in [0.29, 0.717) is 19.0 Å².